The summed E-state index contributed by atoms with van der Waals surface area (Å²) in [5.41, 5.74) is 1.49. The molecule has 5 aliphatic rings. The number of amides is 3. The van der Waals surface area contributed by atoms with Crippen LogP contribution in [0.5, 0.6) is 0 Å². The lowest BCUT2D eigenvalue weighted by molar-refractivity contribution is -0.135. The molecule has 6 rings (SSSR count). The van der Waals surface area contributed by atoms with E-state index >= 15 is 0 Å². The van der Waals surface area contributed by atoms with E-state index in [0.717, 1.165) is 28.2 Å². The molecule has 0 radical (unpaired) electrons. The Hall–Kier alpha value is -2.17. The number of nitrogens with one attached hydrogen (secondary N) is 1. The molecule has 1 heterocycles. The van der Waals surface area contributed by atoms with Gasteiger partial charge in [-0.15, -0.1) is 0 Å². The van der Waals surface area contributed by atoms with Crippen LogP contribution in [0.3, 0.4) is 0 Å². The first kappa shape index (κ1) is 17.9. The zero-order valence-electron chi connectivity index (χ0n) is 16.4. The highest BCUT2D eigenvalue weighted by Gasteiger charge is 2.53. The Morgan fingerprint density at radius 2 is 1.71 bits per heavy atom. The number of carbonyl (C=O) groups excluding carboxylic acids is 3. The van der Waals surface area contributed by atoms with Crippen molar-refractivity contribution in [1.82, 2.24) is 10.2 Å². The number of fused-ring (bicyclic) bond motifs is 1. The van der Waals surface area contributed by atoms with E-state index in [4.69, 9.17) is 0 Å². The van der Waals surface area contributed by atoms with Crippen LogP contribution in [0.25, 0.3) is 0 Å². The van der Waals surface area contributed by atoms with Crippen molar-refractivity contribution >= 4 is 17.7 Å². The van der Waals surface area contributed by atoms with Gasteiger partial charge in [0.2, 0.25) is 11.8 Å². The third-order valence-electron chi connectivity index (χ3n) is 7.82. The van der Waals surface area contributed by atoms with Crippen LogP contribution >= 0.6 is 0 Å². The molecule has 1 aromatic carbocycles. The molecule has 0 saturated heterocycles. The molecular weight excluding hydrogens is 352 g/mol. The summed E-state index contributed by atoms with van der Waals surface area (Å²) in [4.78, 5) is 39.0. The number of benzene rings is 1. The SMILES string of the molecule is CC(NC(=O)CN1C(=O)Cc2ccccc2C1=O)C12CC3CC(CC(C3)C1)C2. The van der Waals surface area contributed by atoms with Crippen molar-refractivity contribution in [2.24, 2.45) is 23.2 Å². The zero-order valence-corrected chi connectivity index (χ0v) is 16.4. The Labute approximate surface area is 165 Å². The Kier molecular flexibility index (Phi) is 4.11. The quantitative estimate of drug-likeness (QED) is 0.817. The first-order chi connectivity index (χ1) is 13.4. The molecule has 3 amide bonds. The van der Waals surface area contributed by atoms with Gasteiger partial charge >= 0.3 is 0 Å². The topological polar surface area (TPSA) is 66.5 Å². The molecule has 148 valence electrons. The lowest BCUT2D eigenvalue weighted by atomic mass is 9.48. The van der Waals surface area contributed by atoms with E-state index in [1.165, 1.54) is 38.5 Å². The van der Waals surface area contributed by atoms with E-state index in [0.29, 0.717) is 5.56 Å². The number of imide groups is 1. The monoisotopic (exact) mass is 380 g/mol. The lowest BCUT2D eigenvalue weighted by Gasteiger charge is -2.59. The fourth-order valence-electron chi connectivity index (χ4n) is 6.85. The lowest BCUT2D eigenvalue weighted by Crippen LogP contribution is -2.57. The highest BCUT2D eigenvalue weighted by Crippen LogP contribution is 2.61. The standard InChI is InChI=1S/C23H28N2O3/c1-14(23-10-15-6-16(11-23)8-17(7-15)12-23)24-20(26)13-25-21(27)9-18-4-2-3-5-19(18)22(25)28/h2-5,14-17H,6-13H2,1H3,(H,24,26). The van der Waals surface area contributed by atoms with Gasteiger partial charge in [-0.3, -0.25) is 19.3 Å². The maximum absolute atomic E-state index is 12.8. The molecule has 4 fully saturated rings. The fourth-order valence-corrected chi connectivity index (χ4v) is 6.85. The summed E-state index contributed by atoms with van der Waals surface area (Å²) in [6.45, 7) is 1.95. The molecule has 1 unspecified atom stereocenters. The molecule has 4 aliphatic carbocycles. The summed E-state index contributed by atoms with van der Waals surface area (Å²) in [6.07, 6.45) is 7.95. The number of hydrogen-bond donors (Lipinski definition) is 1. The number of hydrogen-bond acceptors (Lipinski definition) is 3. The van der Waals surface area contributed by atoms with Gasteiger partial charge in [-0.1, -0.05) is 18.2 Å². The van der Waals surface area contributed by atoms with Crippen molar-refractivity contribution in [2.75, 3.05) is 6.54 Å². The molecule has 5 heteroatoms. The number of rotatable bonds is 4. The summed E-state index contributed by atoms with van der Waals surface area (Å²) in [6, 6.07) is 7.25. The minimum Gasteiger partial charge on any atom is -0.352 e. The molecular formula is C23H28N2O3. The van der Waals surface area contributed by atoms with E-state index < -0.39 is 0 Å². The first-order valence-electron chi connectivity index (χ1n) is 10.7. The Bertz CT molecular complexity index is 811. The minimum atomic E-state index is -0.357. The van der Waals surface area contributed by atoms with Crippen molar-refractivity contribution in [3.63, 3.8) is 0 Å². The predicted octanol–water partition coefficient (Wildman–Crippen LogP) is 2.93. The molecule has 4 bridgehead atoms. The van der Waals surface area contributed by atoms with E-state index in [-0.39, 0.29) is 42.1 Å². The normalized spacial score (nSPS) is 34.3. The van der Waals surface area contributed by atoms with Gasteiger partial charge in [-0.05, 0) is 80.2 Å². The van der Waals surface area contributed by atoms with Crippen LogP contribution in [0.15, 0.2) is 24.3 Å². The largest absolute Gasteiger partial charge is 0.352 e. The third kappa shape index (κ3) is 2.87. The van der Waals surface area contributed by atoms with Crippen LogP contribution in [0, 0.1) is 23.2 Å². The molecule has 1 atom stereocenters. The maximum Gasteiger partial charge on any atom is 0.261 e. The molecule has 1 N–H and O–H groups in total. The number of nitrogens with zero attached hydrogens (tertiary/aromatic N) is 1. The second-order valence-electron chi connectivity index (χ2n) is 9.69. The molecule has 0 aromatic heterocycles. The first-order valence-corrected chi connectivity index (χ1v) is 10.7. The van der Waals surface area contributed by atoms with E-state index in [1.54, 1.807) is 18.2 Å². The van der Waals surface area contributed by atoms with Gasteiger partial charge in [0, 0.05) is 11.6 Å². The fraction of sp³-hybridized carbons (Fsp3) is 0.609. The summed E-state index contributed by atoms with van der Waals surface area (Å²) in [7, 11) is 0. The van der Waals surface area contributed by atoms with E-state index in [2.05, 4.69) is 12.2 Å². The number of carbonyl (C=O) groups is 3. The minimum absolute atomic E-state index is 0.0932. The van der Waals surface area contributed by atoms with Gasteiger partial charge in [0.05, 0.1) is 6.42 Å². The zero-order chi connectivity index (χ0) is 19.5. The summed E-state index contributed by atoms with van der Waals surface area (Å²) < 4.78 is 0. The van der Waals surface area contributed by atoms with Gasteiger partial charge < -0.3 is 5.32 Å². The van der Waals surface area contributed by atoms with Crippen molar-refractivity contribution < 1.29 is 14.4 Å². The maximum atomic E-state index is 12.8. The summed E-state index contributed by atoms with van der Waals surface area (Å²) in [5, 5.41) is 3.16. The molecule has 1 aromatic rings. The van der Waals surface area contributed by atoms with E-state index in [1.807, 2.05) is 6.07 Å². The van der Waals surface area contributed by atoms with Crippen LogP contribution in [-0.2, 0) is 16.0 Å². The Morgan fingerprint density at radius 3 is 2.36 bits per heavy atom. The van der Waals surface area contributed by atoms with Crippen LogP contribution in [0.2, 0.25) is 0 Å². The Morgan fingerprint density at radius 1 is 1.11 bits per heavy atom. The van der Waals surface area contributed by atoms with Crippen molar-refractivity contribution in [3.8, 4) is 0 Å². The van der Waals surface area contributed by atoms with Crippen molar-refractivity contribution in [2.45, 2.75) is 57.9 Å². The third-order valence-corrected chi connectivity index (χ3v) is 7.82. The second-order valence-corrected chi connectivity index (χ2v) is 9.69. The van der Waals surface area contributed by atoms with Crippen LogP contribution in [0.1, 0.15) is 61.4 Å². The van der Waals surface area contributed by atoms with Gasteiger partial charge in [0.15, 0.2) is 0 Å². The highest BCUT2D eigenvalue weighted by atomic mass is 16.2. The average Bonchev–Trinajstić information content (AvgIpc) is 2.64. The van der Waals surface area contributed by atoms with Gasteiger partial charge in [-0.2, -0.15) is 0 Å². The van der Waals surface area contributed by atoms with Crippen LogP contribution in [0.4, 0.5) is 0 Å². The van der Waals surface area contributed by atoms with E-state index in [9.17, 15) is 14.4 Å². The molecule has 28 heavy (non-hydrogen) atoms. The summed E-state index contributed by atoms with van der Waals surface area (Å²) in [5.74, 6) is 1.61. The highest BCUT2D eigenvalue weighted by molar-refractivity contribution is 6.11. The van der Waals surface area contributed by atoms with Gasteiger partial charge in [0.25, 0.3) is 5.91 Å². The van der Waals surface area contributed by atoms with Gasteiger partial charge in [-0.25, -0.2) is 0 Å². The smallest absolute Gasteiger partial charge is 0.261 e. The van der Waals surface area contributed by atoms with Crippen molar-refractivity contribution in [3.05, 3.63) is 35.4 Å². The van der Waals surface area contributed by atoms with Crippen molar-refractivity contribution in [1.29, 1.82) is 0 Å². The molecule has 4 saturated carbocycles. The Balaban J connectivity index is 1.27. The van der Waals surface area contributed by atoms with Gasteiger partial charge in [0.1, 0.15) is 6.54 Å². The molecule has 1 aliphatic heterocycles. The predicted molar refractivity (Wildman–Crippen MR) is 104 cm³/mol. The molecule has 5 nitrogen and oxygen atoms in total. The molecule has 0 spiro atoms. The van der Waals surface area contributed by atoms with Crippen LogP contribution < -0.4 is 5.32 Å². The van der Waals surface area contributed by atoms with Crippen LogP contribution in [-0.4, -0.2) is 35.2 Å². The second kappa shape index (κ2) is 6.43. The average molecular weight is 380 g/mol. The summed E-state index contributed by atoms with van der Waals surface area (Å²) >= 11 is 0.